The minimum Gasteiger partial charge on any atom is -0.497 e. The number of likely N-dealkylation sites (N-methyl/N-ethyl adjacent to an activating group) is 1. The zero-order valence-corrected chi connectivity index (χ0v) is 22.6. The van der Waals surface area contributed by atoms with Gasteiger partial charge in [-0.1, -0.05) is 49.1 Å². The minimum atomic E-state index is -1.48. The van der Waals surface area contributed by atoms with Gasteiger partial charge in [0.25, 0.3) is 17.7 Å². The molecule has 1 unspecified atom stereocenters. The van der Waals surface area contributed by atoms with Gasteiger partial charge in [0.05, 0.1) is 20.9 Å². The first-order valence-electron chi connectivity index (χ1n) is 12.0. The SMILES string of the molecule is COc1ccc(C(C(=O)Nc2ccc([Si](C)(C)C)cc2)N(C)C(=O)c2ccc3c(c2)OCC(=O)N3)cc1. The van der Waals surface area contributed by atoms with Crippen LogP contribution in [0.1, 0.15) is 22.0 Å². The van der Waals surface area contributed by atoms with Gasteiger partial charge in [-0.15, -0.1) is 0 Å². The lowest BCUT2D eigenvalue weighted by atomic mass is 10.0. The van der Waals surface area contributed by atoms with E-state index in [1.165, 1.54) is 10.1 Å². The maximum atomic E-state index is 13.6. The number of rotatable bonds is 7. The smallest absolute Gasteiger partial charge is 0.262 e. The van der Waals surface area contributed by atoms with Crippen LogP contribution in [0.2, 0.25) is 19.6 Å². The van der Waals surface area contributed by atoms with Crippen molar-refractivity contribution in [3.63, 3.8) is 0 Å². The van der Waals surface area contributed by atoms with Crippen molar-refractivity contribution in [1.82, 2.24) is 4.90 Å². The van der Waals surface area contributed by atoms with E-state index >= 15 is 0 Å². The van der Waals surface area contributed by atoms with Crippen LogP contribution in [-0.2, 0) is 9.59 Å². The van der Waals surface area contributed by atoms with Crippen molar-refractivity contribution in [2.45, 2.75) is 25.7 Å². The molecule has 0 radical (unpaired) electrons. The topological polar surface area (TPSA) is 97.0 Å². The second kappa shape index (κ2) is 10.5. The molecular weight excluding hydrogens is 486 g/mol. The second-order valence-corrected chi connectivity index (χ2v) is 15.0. The summed E-state index contributed by atoms with van der Waals surface area (Å²) in [5.41, 5.74) is 2.13. The molecule has 1 atom stereocenters. The van der Waals surface area contributed by atoms with Gasteiger partial charge in [0.15, 0.2) is 6.61 Å². The van der Waals surface area contributed by atoms with E-state index in [1.54, 1.807) is 56.6 Å². The minimum absolute atomic E-state index is 0.117. The molecule has 1 aliphatic rings. The van der Waals surface area contributed by atoms with Crippen LogP contribution < -0.4 is 25.3 Å². The molecule has 37 heavy (non-hydrogen) atoms. The Hall–Kier alpha value is -4.11. The first-order valence-corrected chi connectivity index (χ1v) is 15.5. The predicted molar refractivity (Wildman–Crippen MR) is 146 cm³/mol. The van der Waals surface area contributed by atoms with Gasteiger partial charge in [-0.2, -0.15) is 0 Å². The van der Waals surface area contributed by atoms with E-state index in [0.29, 0.717) is 34.0 Å². The fourth-order valence-electron chi connectivity index (χ4n) is 4.13. The van der Waals surface area contributed by atoms with Gasteiger partial charge in [0.1, 0.15) is 17.5 Å². The van der Waals surface area contributed by atoms with Gasteiger partial charge >= 0.3 is 0 Å². The quantitative estimate of drug-likeness (QED) is 0.462. The largest absolute Gasteiger partial charge is 0.497 e. The Labute approximate surface area is 217 Å². The number of nitrogens with zero attached hydrogens (tertiary/aromatic N) is 1. The summed E-state index contributed by atoms with van der Waals surface area (Å²) < 4.78 is 10.7. The van der Waals surface area contributed by atoms with Crippen LogP contribution in [0, 0.1) is 0 Å². The third-order valence-corrected chi connectivity index (χ3v) is 8.33. The highest BCUT2D eigenvalue weighted by Gasteiger charge is 2.30. The Bertz CT molecular complexity index is 1320. The summed E-state index contributed by atoms with van der Waals surface area (Å²) in [4.78, 5) is 40.1. The van der Waals surface area contributed by atoms with Crippen molar-refractivity contribution in [3.05, 3.63) is 77.9 Å². The van der Waals surface area contributed by atoms with Gasteiger partial charge in [-0.3, -0.25) is 14.4 Å². The lowest BCUT2D eigenvalue weighted by Gasteiger charge is -2.28. The first kappa shape index (κ1) is 26.0. The number of carbonyl (C=O) groups excluding carboxylic acids is 3. The Morgan fingerprint density at radius 3 is 2.32 bits per heavy atom. The van der Waals surface area contributed by atoms with Crippen LogP contribution in [0.5, 0.6) is 11.5 Å². The Balaban J connectivity index is 1.62. The van der Waals surface area contributed by atoms with E-state index in [0.717, 1.165) is 0 Å². The van der Waals surface area contributed by atoms with Crippen molar-refractivity contribution in [1.29, 1.82) is 0 Å². The zero-order chi connectivity index (χ0) is 26.7. The van der Waals surface area contributed by atoms with E-state index < -0.39 is 14.1 Å². The number of carbonyl (C=O) groups is 3. The maximum absolute atomic E-state index is 13.6. The summed E-state index contributed by atoms with van der Waals surface area (Å²) in [6.07, 6.45) is 0. The van der Waals surface area contributed by atoms with Gasteiger partial charge in [-0.05, 0) is 48.0 Å². The molecule has 9 heteroatoms. The number of hydrogen-bond donors (Lipinski definition) is 2. The average Bonchev–Trinajstić information content (AvgIpc) is 2.88. The third kappa shape index (κ3) is 5.83. The first-order chi connectivity index (χ1) is 17.6. The average molecular weight is 518 g/mol. The van der Waals surface area contributed by atoms with Gasteiger partial charge in [-0.25, -0.2) is 0 Å². The highest BCUT2D eigenvalue weighted by Crippen LogP contribution is 2.31. The third-order valence-electron chi connectivity index (χ3n) is 6.27. The van der Waals surface area contributed by atoms with Crippen molar-refractivity contribution in [3.8, 4) is 11.5 Å². The number of anilines is 2. The highest BCUT2D eigenvalue weighted by molar-refractivity contribution is 6.88. The summed E-state index contributed by atoms with van der Waals surface area (Å²) in [5.74, 6) is 0.0916. The zero-order valence-electron chi connectivity index (χ0n) is 21.6. The standard InChI is InChI=1S/C28H31N3O5Si/c1-31(28(34)19-8-15-23-24(16-19)36-17-25(32)30-23)26(18-6-11-21(35-2)12-7-18)27(33)29-20-9-13-22(14-10-20)37(3,4)5/h6-16,26H,17H2,1-5H3,(H,29,33)(H,30,32). The highest BCUT2D eigenvalue weighted by atomic mass is 28.3. The summed E-state index contributed by atoms with van der Waals surface area (Å²) in [6.45, 7) is 6.68. The van der Waals surface area contributed by atoms with Crippen molar-refractivity contribution >= 4 is 42.4 Å². The molecule has 0 spiro atoms. The molecule has 3 aromatic carbocycles. The summed E-state index contributed by atoms with van der Waals surface area (Å²) in [7, 11) is 1.68. The fraction of sp³-hybridized carbons (Fsp3) is 0.250. The number of fused-ring (bicyclic) bond motifs is 1. The van der Waals surface area contributed by atoms with Crippen LogP contribution in [0.15, 0.2) is 66.7 Å². The van der Waals surface area contributed by atoms with Crippen molar-refractivity contribution < 1.29 is 23.9 Å². The van der Waals surface area contributed by atoms with Gasteiger partial charge in [0, 0.05) is 18.3 Å². The molecule has 0 saturated heterocycles. The molecule has 0 aliphatic carbocycles. The number of methoxy groups -OCH3 is 1. The molecule has 2 N–H and O–H groups in total. The maximum Gasteiger partial charge on any atom is 0.262 e. The number of nitrogens with one attached hydrogen (secondary N) is 2. The van der Waals surface area contributed by atoms with Crippen LogP contribution in [0.25, 0.3) is 0 Å². The van der Waals surface area contributed by atoms with E-state index in [-0.39, 0.29) is 24.3 Å². The lowest BCUT2D eigenvalue weighted by molar-refractivity contribution is -0.120. The van der Waals surface area contributed by atoms with Crippen molar-refractivity contribution in [2.75, 3.05) is 31.4 Å². The molecule has 192 valence electrons. The second-order valence-electron chi connectivity index (χ2n) is 9.96. The van der Waals surface area contributed by atoms with E-state index in [9.17, 15) is 14.4 Å². The number of benzene rings is 3. The van der Waals surface area contributed by atoms with E-state index in [4.69, 9.17) is 9.47 Å². The van der Waals surface area contributed by atoms with Crippen LogP contribution in [0.3, 0.4) is 0 Å². The molecule has 0 bridgehead atoms. The molecule has 4 rings (SSSR count). The molecule has 1 heterocycles. The molecule has 3 amide bonds. The molecular formula is C28H31N3O5Si. The van der Waals surface area contributed by atoms with E-state index in [1.807, 2.05) is 24.3 Å². The Morgan fingerprint density at radius 1 is 1.03 bits per heavy atom. The van der Waals surface area contributed by atoms with Gasteiger partial charge < -0.3 is 25.0 Å². The normalized spacial score (nSPS) is 13.5. The summed E-state index contributed by atoms with van der Waals surface area (Å²) in [5, 5.41) is 6.97. The molecule has 0 aromatic heterocycles. The fourth-order valence-corrected chi connectivity index (χ4v) is 5.30. The molecule has 0 saturated carbocycles. The van der Waals surface area contributed by atoms with Crippen molar-refractivity contribution in [2.24, 2.45) is 0 Å². The summed E-state index contributed by atoms with van der Waals surface area (Å²) in [6, 6.07) is 18.8. The molecule has 0 fully saturated rings. The molecule has 1 aliphatic heterocycles. The van der Waals surface area contributed by atoms with Crippen LogP contribution in [-0.4, -0.2) is 51.5 Å². The van der Waals surface area contributed by atoms with E-state index in [2.05, 4.69) is 30.3 Å². The number of hydrogen-bond acceptors (Lipinski definition) is 5. The van der Waals surface area contributed by atoms with Crippen LogP contribution in [0.4, 0.5) is 11.4 Å². The molecule has 8 nitrogen and oxygen atoms in total. The molecule has 3 aromatic rings. The summed E-state index contributed by atoms with van der Waals surface area (Å²) >= 11 is 0. The van der Waals surface area contributed by atoms with Gasteiger partial charge in [0.2, 0.25) is 0 Å². The van der Waals surface area contributed by atoms with Crippen LogP contribution >= 0.6 is 0 Å². The Morgan fingerprint density at radius 2 is 1.70 bits per heavy atom. The Kier molecular flexibility index (Phi) is 7.35. The lowest BCUT2D eigenvalue weighted by Crippen LogP contribution is -2.39. The predicted octanol–water partition coefficient (Wildman–Crippen LogP) is 4.02. The monoisotopic (exact) mass is 517 g/mol. The number of ether oxygens (including phenoxy) is 2. The number of amides is 3.